The standard InChI is InChI=1S/C24H17N/c25-22(15-16-5-2-1-3-6-16)20-13-11-19-10-9-17-7-4-8-18-12-14-21(20)24(19)23(17)18/h1-15H,25H2. The third-order valence-corrected chi connectivity index (χ3v) is 4.96. The van der Waals surface area contributed by atoms with Gasteiger partial charge in [-0.25, -0.2) is 0 Å². The fourth-order valence-electron chi connectivity index (χ4n) is 3.79. The molecule has 0 aliphatic heterocycles. The lowest BCUT2D eigenvalue weighted by Gasteiger charge is -2.14. The second-order valence-corrected chi connectivity index (χ2v) is 6.48. The van der Waals surface area contributed by atoms with Gasteiger partial charge >= 0.3 is 0 Å². The lowest BCUT2D eigenvalue weighted by Crippen LogP contribution is -1.98. The largest absolute Gasteiger partial charge is 0.398 e. The highest BCUT2D eigenvalue weighted by Gasteiger charge is 2.11. The zero-order chi connectivity index (χ0) is 16.8. The van der Waals surface area contributed by atoms with Gasteiger partial charge < -0.3 is 5.73 Å². The van der Waals surface area contributed by atoms with E-state index < -0.39 is 0 Å². The van der Waals surface area contributed by atoms with E-state index in [0.29, 0.717) is 0 Å². The fourth-order valence-corrected chi connectivity index (χ4v) is 3.79. The molecule has 5 aromatic carbocycles. The van der Waals surface area contributed by atoms with Crippen molar-refractivity contribution in [2.75, 3.05) is 0 Å². The van der Waals surface area contributed by atoms with Gasteiger partial charge in [0.05, 0.1) is 0 Å². The maximum atomic E-state index is 6.49. The smallest absolute Gasteiger partial charge is 0.0399 e. The Labute approximate surface area is 146 Å². The van der Waals surface area contributed by atoms with E-state index in [9.17, 15) is 0 Å². The summed E-state index contributed by atoms with van der Waals surface area (Å²) in [6.45, 7) is 0. The second-order valence-electron chi connectivity index (χ2n) is 6.48. The number of benzene rings is 5. The first-order chi connectivity index (χ1) is 12.3. The molecule has 5 aromatic rings. The van der Waals surface area contributed by atoms with E-state index in [2.05, 4.69) is 66.7 Å². The van der Waals surface area contributed by atoms with E-state index in [1.165, 1.54) is 32.3 Å². The highest BCUT2D eigenvalue weighted by atomic mass is 14.6. The Kier molecular flexibility index (Phi) is 3.01. The van der Waals surface area contributed by atoms with E-state index in [1.807, 2.05) is 24.3 Å². The molecule has 0 aliphatic rings. The summed E-state index contributed by atoms with van der Waals surface area (Å²) >= 11 is 0. The first kappa shape index (κ1) is 14.1. The van der Waals surface area contributed by atoms with Gasteiger partial charge in [0.25, 0.3) is 0 Å². The van der Waals surface area contributed by atoms with Crippen molar-refractivity contribution >= 4 is 44.1 Å². The number of hydrogen-bond donors (Lipinski definition) is 1. The minimum atomic E-state index is 0.795. The van der Waals surface area contributed by atoms with Gasteiger partial charge in [0, 0.05) is 11.3 Å². The van der Waals surface area contributed by atoms with E-state index >= 15 is 0 Å². The molecule has 0 spiro atoms. The molecule has 0 aromatic heterocycles. The van der Waals surface area contributed by atoms with E-state index in [1.54, 1.807) is 0 Å². The average Bonchev–Trinajstić information content (AvgIpc) is 2.67. The molecule has 0 radical (unpaired) electrons. The summed E-state index contributed by atoms with van der Waals surface area (Å²) in [5, 5.41) is 7.66. The van der Waals surface area contributed by atoms with Crippen molar-refractivity contribution in [1.29, 1.82) is 0 Å². The summed E-state index contributed by atoms with van der Waals surface area (Å²) in [6, 6.07) is 29.8. The number of nitrogens with two attached hydrogens (primary N) is 1. The van der Waals surface area contributed by atoms with Crippen LogP contribution < -0.4 is 5.73 Å². The number of hydrogen-bond acceptors (Lipinski definition) is 1. The van der Waals surface area contributed by atoms with Crippen molar-refractivity contribution in [3.05, 3.63) is 96.1 Å². The zero-order valence-electron chi connectivity index (χ0n) is 13.7. The molecule has 0 unspecified atom stereocenters. The van der Waals surface area contributed by atoms with Gasteiger partial charge in [-0.3, -0.25) is 0 Å². The molecule has 5 rings (SSSR count). The van der Waals surface area contributed by atoms with Crippen LogP contribution in [-0.4, -0.2) is 0 Å². The monoisotopic (exact) mass is 319 g/mol. The van der Waals surface area contributed by atoms with Crippen LogP contribution in [0.15, 0.2) is 84.9 Å². The van der Waals surface area contributed by atoms with E-state index in [4.69, 9.17) is 5.73 Å². The van der Waals surface area contributed by atoms with Crippen molar-refractivity contribution in [3.8, 4) is 0 Å². The van der Waals surface area contributed by atoms with Gasteiger partial charge in [0.1, 0.15) is 0 Å². The van der Waals surface area contributed by atoms with Crippen LogP contribution in [0.3, 0.4) is 0 Å². The van der Waals surface area contributed by atoms with Crippen molar-refractivity contribution in [2.45, 2.75) is 0 Å². The number of rotatable bonds is 2. The molecule has 0 fully saturated rings. The van der Waals surface area contributed by atoms with Crippen LogP contribution in [0.2, 0.25) is 0 Å². The molecule has 1 nitrogen and oxygen atoms in total. The summed E-state index contributed by atoms with van der Waals surface area (Å²) in [4.78, 5) is 0. The quantitative estimate of drug-likeness (QED) is 0.311. The van der Waals surface area contributed by atoms with Crippen LogP contribution in [0.5, 0.6) is 0 Å². The third kappa shape index (κ3) is 2.17. The predicted molar refractivity (Wildman–Crippen MR) is 109 cm³/mol. The fraction of sp³-hybridized carbons (Fsp3) is 0. The Balaban J connectivity index is 1.83. The van der Waals surface area contributed by atoms with Crippen LogP contribution in [0.4, 0.5) is 0 Å². The molecule has 25 heavy (non-hydrogen) atoms. The predicted octanol–water partition coefficient (Wildman–Crippen LogP) is 6.04. The molecule has 0 atom stereocenters. The van der Waals surface area contributed by atoms with Gasteiger partial charge in [-0.2, -0.15) is 0 Å². The molecule has 0 saturated carbocycles. The maximum absolute atomic E-state index is 6.49. The van der Waals surface area contributed by atoms with Gasteiger partial charge in [-0.15, -0.1) is 0 Å². The van der Waals surface area contributed by atoms with Crippen molar-refractivity contribution in [1.82, 2.24) is 0 Å². The summed E-state index contributed by atoms with van der Waals surface area (Å²) in [7, 11) is 0. The third-order valence-electron chi connectivity index (χ3n) is 4.96. The summed E-state index contributed by atoms with van der Waals surface area (Å²) in [6.07, 6.45) is 2.05. The Bertz CT molecular complexity index is 1220. The maximum Gasteiger partial charge on any atom is 0.0399 e. The summed E-state index contributed by atoms with van der Waals surface area (Å²) in [5.41, 5.74) is 9.49. The SMILES string of the molecule is NC(=Cc1ccccc1)c1ccc2ccc3cccc4ccc1c2c34. The molecule has 0 amide bonds. The summed E-state index contributed by atoms with van der Waals surface area (Å²) in [5.74, 6) is 0. The van der Waals surface area contributed by atoms with Crippen molar-refractivity contribution in [2.24, 2.45) is 5.73 Å². The molecule has 2 N–H and O–H groups in total. The van der Waals surface area contributed by atoms with Gasteiger partial charge in [-0.1, -0.05) is 84.9 Å². The Morgan fingerprint density at radius 3 is 2.00 bits per heavy atom. The van der Waals surface area contributed by atoms with Gasteiger partial charge in [0.2, 0.25) is 0 Å². The highest BCUT2D eigenvalue weighted by molar-refractivity contribution is 6.24. The Morgan fingerprint density at radius 1 is 0.600 bits per heavy atom. The molecule has 0 bridgehead atoms. The van der Waals surface area contributed by atoms with Crippen molar-refractivity contribution in [3.63, 3.8) is 0 Å². The summed E-state index contributed by atoms with van der Waals surface area (Å²) < 4.78 is 0. The van der Waals surface area contributed by atoms with Crippen LogP contribution in [0.25, 0.3) is 44.1 Å². The zero-order valence-corrected chi connectivity index (χ0v) is 13.7. The topological polar surface area (TPSA) is 26.0 Å². The molecule has 0 heterocycles. The average molecular weight is 319 g/mol. The normalized spacial score (nSPS) is 12.4. The van der Waals surface area contributed by atoms with Crippen LogP contribution in [0.1, 0.15) is 11.1 Å². The molecule has 118 valence electrons. The first-order valence-corrected chi connectivity index (χ1v) is 8.50. The second kappa shape index (κ2) is 5.35. The van der Waals surface area contributed by atoms with Crippen LogP contribution >= 0.6 is 0 Å². The minimum Gasteiger partial charge on any atom is -0.398 e. The highest BCUT2D eigenvalue weighted by Crippen LogP contribution is 2.37. The van der Waals surface area contributed by atoms with Crippen LogP contribution in [-0.2, 0) is 0 Å². The molecule has 1 heteroatoms. The Hall–Kier alpha value is -3.32. The van der Waals surface area contributed by atoms with E-state index in [-0.39, 0.29) is 0 Å². The van der Waals surface area contributed by atoms with Crippen LogP contribution in [0, 0.1) is 0 Å². The van der Waals surface area contributed by atoms with Gasteiger partial charge in [0.15, 0.2) is 0 Å². The molecule has 0 aliphatic carbocycles. The van der Waals surface area contributed by atoms with E-state index in [0.717, 1.165) is 16.8 Å². The lowest BCUT2D eigenvalue weighted by molar-refractivity contribution is 1.57. The van der Waals surface area contributed by atoms with Gasteiger partial charge in [-0.05, 0) is 44.0 Å². The lowest BCUT2D eigenvalue weighted by atomic mass is 9.91. The molecular weight excluding hydrogens is 302 g/mol. The Morgan fingerprint density at radius 2 is 1.24 bits per heavy atom. The molecular formula is C24H17N. The minimum absolute atomic E-state index is 0.795. The molecule has 0 saturated heterocycles. The van der Waals surface area contributed by atoms with Crippen molar-refractivity contribution < 1.29 is 0 Å². The first-order valence-electron chi connectivity index (χ1n) is 8.50.